The summed E-state index contributed by atoms with van der Waals surface area (Å²) in [6.45, 7) is 2.00. The fourth-order valence-corrected chi connectivity index (χ4v) is 2.82. The zero-order valence-corrected chi connectivity index (χ0v) is 18.7. The third kappa shape index (κ3) is 21.0. The van der Waals surface area contributed by atoms with E-state index in [2.05, 4.69) is 29.3 Å². The minimum absolute atomic E-state index is 0.135. The van der Waals surface area contributed by atoms with Crippen LogP contribution >= 0.6 is 0 Å². The van der Waals surface area contributed by atoms with Crippen molar-refractivity contribution in [2.45, 2.75) is 70.8 Å². The number of nitrogens with one attached hydrogen (secondary N) is 1. The van der Waals surface area contributed by atoms with Crippen LogP contribution in [-0.2, 0) is 19.8 Å². The number of carbonyl (C=O) groups excluding carboxylic acids is 1. The number of rotatable bonds is 18. The Morgan fingerprint density at radius 1 is 1.07 bits per heavy atom. The van der Waals surface area contributed by atoms with Gasteiger partial charge in [0.2, 0.25) is 5.91 Å². The van der Waals surface area contributed by atoms with E-state index in [1.54, 1.807) is 0 Å². The molecule has 0 spiro atoms. The molecule has 7 nitrogen and oxygen atoms in total. The molecule has 1 atom stereocenters. The van der Waals surface area contributed by atoms with Crippen LogP contribution < -0.4 is 5.32 Å². The Labute approximate surface area is 181 Å². The molecule has 0 aliphatic carbocycles. The van der Waals surface area contributed by atoms with E-state index in [1.165, 1.54) is 0 Å². The quantitative estimate of drug-likeness (QED) is 0.0818. The van der Waals surface area contributed by atoms with Crippen molar-refractivity contribution < 1.29 is 27.9 Å². The van der Waals surface area contributed by atoms with Gasteiger partial charge in [0.15, 0.2) is 0 Å². The van der Waals surface area contributed by atoms with Gasteiger partial charge in [-0.1, -0.05) is 74.8 Å². The summed E-state index contributed by atoms with van der Waals surface area (Å²) in [6.07, 6.45) is 23.1. The first-order chi connectivity index (χ1) is 14.4. The van der Waals surface area contributed by atoms with E-state index < -0.39 is 15.9 Å². The standard InChI is InChI=1S/C22H37NO6S/c1-2-3-13-16-21(29-25)17-14-11-9-7-5-4-6-8-10-12-15-18-22(24)23-19-20-30(26,27)28/h4-5,8-11,14,17,21,25H,2-3,6-7,12-13,15-16,18-20H2,1H3,(H,23,24)(H,26,27,28)/p-1/b5-4-,10-8-,11-9-,17-14+/t21-/m0/s1. The second kappa shape index (κ2) is 19.2. The number of amides is 1. The summed E-state index contributed by atoms with van der Waals surface area (Å²) >= 11 is 0. The van der Waals surface area contributed by atoms with Gasteiger partial charge in [0.25, 0.3) is 0 Å². The van der Waals surface area contributed by atoms with Crippen molar-refractivity contribution in [1.29, 1.82) is 0 Å². The first-order valence-electron chi connectivity index (χ1n) is 10.5. The van der Waals surface area contributed by atoms with Gasteiger partial charge in [-0.15, -0.1) is 0 Å². The zero-order valence-electron chi connectivity index (χ0n) is 17.9. The van der Waals surface area contributed by atoms with E-state index in [0.717, 1.165) is 44.9 Å². The highest BCUT2D eigenvalue weighted by molar-refractivity contribution is 7.85. The van der Waals surface area contributed by atoms with Crippen molar-refractivity contribution in [1.82, 2.24) is 5.32 Å². The lowest BCUT2D eigenvalue weighted by molar-refractivity contribution is -0.267. The highest BCUT2D eigenvalue weighted by Crippen LogP contribution is 2.07. The zero-order chi connectivity index (χ0) is 22.5. The van der Waals surface area contributed by atoms with Crippen LogP contribution in [0.3, 0.4) is 0 Å². The molecule has 0 heterocycles. The molecule has 0 fully saturated rings. The molecule has 0 bridgehead atoms. The number of hydrogen-bond acceptors (Lipinski definition) is 6. The van der Waals surface area contributed by atoms with Gasteiger partial charge >= 0.3 is 0 Å². The van der Waals surface area contributed by atoms with Crippen molar-refractivity contribution in [2.75, 3.05) is 12.3 Å². The molecule has 0 aliphatic rings. The van der Waals surface area contributed by atoms with Crippen LogP contribution in [-0.4, -0.2) is 42.5 Å². The number of unbranched alkanes of at least 4 members (excludes halogenated alkanes) is 3. The third-order valence-corrected chi connectivity index (χ3v) is 4.83. The molecule has 8 heteroatoms. The number of allylic oxidation sites excluding steroid dienone is 7. The van der Waals surface area contributed by atoms with E-state index >= 15 is 0 Å². The van der Waals surface area contributed by atoms with Crippen LogP contribution in [0.1, 0.15) is 64.7 Å². The van der Waals surface area contributed by atoms with Crippen LogP contribution in [0.4, 0.5) is 0 Å². The van der Waals surface area contributed by atoms with Gasteiger partial charge in [0.05, 0.1) is 15.9 Å². The van der Waals surface area contributed by atoms with Crippen molar-refractivity contribution in [3.63, 3.8) is 0 Å². The fourth-order valence-electron chi connectivity index (χ4n) is 2.47. The van der Waals surface area contributed by atoms with Gasteiger partial charge in [-0.3, -0.25) is 10.1 Å². The van der Waals surface area contributed by atoms with Crippen LogP contribution in [0.25, 0.3) is 0 Å². The van der Waals surface area contributed by atoms with Crippen LogP contribution in [0.15, 0.2) is 48.6 Å². The molecule has 0 rings (SSSR count). The summed E-state index contributed by atoms with van der Waals surface area (Å²) in [5.41, 5.74) is 0. The van der Waals surface area contributed by atoms with E-state index in [4.69, 9.17) is 5.26 Å². The highest BCUT2D eigenvalue weighted by atomic mass is 32.2. The Hall–Kier alpha value is -1.74. The molecule has 0 aromatic carbocycles. The first-order valence-corrected chi connectivity index (χ1v) is 12.1. The Balaban J connectivity index is 3.73. The second-order valence-electron chi connectivity index (χ2n) is 6.87. The lowest BCUT2D eigenvalue weighted by atomic mass is 10.1. The average molecular weight is 443 g/mol. The summed E-state index contributed by atoms with van der Waals surface area (Å²) in [7, 11) is -4.28. The third-order valence-electron chi connectivity index (χ3n) is 4.13. The summed E-state index contributed by atoms with van der Waals surface area (Å²) in [5, 5.41) is 11.3. The predicted octanol–water partition coefficient (Wildman–Crippen LogP) is 4.26. The van der Waals surface area contributed by atoms with E-state index in [9.17, 15) is 17.8 Å². The SMILES string of the molecule is CCCCC[C@@H](/C=C/C=C\C/C=C\C/C=C\CCCC(=O)NCCS(=O)(=O)[O-])OO. The fraction of sp³-hybridized carbons (Fsp3) is 0.591. The molecule has 2 N–H and O–H groups in total. The monoisotopic (exact) mass is 442 g/mol. The smallest absolute Gasteiger partial charge is 0.220 e. The van der Waals surface area contributed by atoms with Crippen molar-refractivity contribution in [2.24, 2.45) is 0 Å². The van der Waals surface area contributed by atoms with Crippen LogP contribution in [0.5, 0.6) is 0 Å². The number of hydrogen-bond donors (Lipinski definition) is 2. The average Bonchev–Trinajstić information content (AvgIpc) is 2.69. The molecule has 0 radical (unpaired) electrons. The lowest BCUT2D eigenvalue weighted by Crippen LogP contribution is -2.28. The maximum atomic E-state index is 11.5. The van der Waals surface area contributed by atoms with E-state index in [0.29, 0.717) is 12.8 Å². The molecular formula is C22H36NO6S-. The second-order valence-corrected chi connectivity index (χ2v) is 8.39. The molecule has 0 aliphatic heterocycles. The minimum atomic E-state index is -4.28. The summed E-state index contributed by atoms with van der Waals surface area (Å²) < 4.78 is 31.3. The largest absolute Gasteiger partial charge is 0.748 e. The molecule has 0 saturated heterocycles. The topological polar surface area (TPSA) is 116 Å². The molecule has 1 amide bonds. The first kappa shape index (κ1) is 28.3. The van der Waals surface area contributed by atoms with Gasteiger partial charge in [0, 0.05) is 13.0 Å². The Morgan fingerprint density at radius 3 is 2.43 bits per heavy atom. The van der Waals surface area contributed by atoms with E-state index in [-0.39, 0.29) is 18.6 Å². The van der Waals surface area contributed by atoms with Gasteiger partial charge in [-0.25, -0.2) is 13.3 Å². The molecule has 172 valence electrons. The molecular weight excluding hydrogens is 406 g/mol. The van der Waals surface area contributed by atoms with Gasteiger partial charge in [-0.05, 0) is 32.1 Å². The summed E-state index contributed by atoms with van der Waals surface area (Å²) in [4.78, 5) is 15.9. The number of carbonyl (C=O) groups is 1. The summed E-state index contributed by atoms with van der Waals surface area (Å²) in [6, 6.07) is 0. The molecule has 0 aromatic rings. The summed E-state index contributed by atoms with van der Waals surface area (Å²) in [5.74, 6) is -0.821. The molecule has 30 heavy (non-hydrogen) atoms. The van der Waals surface area contributed by atoms with E-state index in [1.807, 2.05) is 36.5 Å². The van der Waals surface area contributed by atoms with Crippen LogP contribution in [0, 0.1) is 0 Å². The Bertz CT molecular complexity index is 653. The lowest BCUT2D eigenvalue weighted by Gasteiger charge is -2.07. The van der Waals surface area contributed by atoms with Gasteiger partial charge in [0.1, 0.15) is 6.10 Å². The van der Waals surface area contributed by atoms with Gasteiger partial charge < -0.3 is 9.87 Å². The van der Waals surface area contributed by atoms with Crippen LogP contribution in [0.2, 0.25) is 0 Å². The predicted molar refractivity (Wildman–Crippen MR) is 119 cm³/mol. The minimum Gasteiger partial charge on any atom is -0.748 e. The van der Waals surface area contributed by atoms with Crippen molar-refractivity contribution in [3.8, 4) is 0 Å². The maximum absolute atomic E-state index is 11.5. The van der Waals surface area contributed by atoms with Gasteiger partial charge in [-0.2, -0.15) is 0 Å². The molecule has 0 unspecified atom stereocenters. The maximum Gasteiger partial charge on any atom is 0.220 e. The van der Waals surface area contributed by atoms with Crippen molar-refractivity contribution in [3.05, 3.63) is 48.6 Å². The highest BCUT2D eigenvalue weighted by Gasteiger charge is 2.02. The Kier molecular flexibility index (Phi) is 18.1. The molecule has 0 aromatic heterocycles. The Morgan fingerprint density at radius 2 is 1.77 bits per heavy atom. The van der Waals surface area contributed by atoms with Crippen molar-refractivity contribution >= 4 is 16.0 Å². The molecule has 0 saturated carbocycles. The normalized spacial score (nSPS) is 13.8.